The zero-order chi connectivity index (χ0) is 23.5. The lowest BCUT2D eigenvalue weighted by Gasteiger charge is -2.31. The predicted molar refractivity (Wildman–Crippen MR) is 120 cm³/mol. The van der Waals surface area contributed by atoms with Gasteiger partial charge in [-0.3, -0.25) is 9.59 Å². The van der Waals surface area contributed by atoms with Crippen molar-refractivity contribution in [2.75, 3.05) is 31.5 Å². The molecule has 174 valence electrons. The Kier molecular flexibility index (Phi) is 7.35. The topological polar surface area (TPSA) is 113 Å². The van der Waals surface area contributed by atoms with Crippen molar-refractivity contribution < 1.29 is 22.5 Å². The van der Waals surface area contributed by atoms with Gasteiger partial charge in [0.25, 0.3) is 5.91 Å². The minimum atomic E-state index is -3.79. The van der Waals surface area contributed by atoms with Crippen LogP contribution in [0.4, 0.5) is 5.69 Å². The third-order valence-corrected chi connectivity index (χ3v) is 7.88. The average molecular weight is 463 g/mol. The van der Waals surface area contributed by atoms with Crippen LogP contribution in [0.3, 0.4) is 0 Å². The molecule has 2 aromatic rings. The number of nitrogens with zero attached hydrogens (tertiary/aromatic N) is 3. The molecule has 0 saturated carbocycles. The van der Waals surface area contributed by atoms with Gasteiger partial charge in [0.2, 0.25) is 15.9 Å². The number of anilines is 1. The first-order chi connectivity index (χ1) is 15.2. The molecule has 1 fully saturated rings. The molecule has 1 aliphatic rings. The van der Waals surface area contributed by atoms with Crippen LogP contribution in [0, 0.1) is 19.8 Å². The lowest BCUT2D eigenvalue weighted by atomic mass is 9.98. The van der Waals surface area contributed by atoms with Gasteiger partial charge in [0.1, 0.15) is 10.6 Å². The second kappa shape index (κ2) is 9.83. The van der Waals surface area contributed by atoms with E-state index in [1.54, 1.807) is 43.0 Å². The number of benzene rings is 1. The van der Waals surface area contributed by atoms with Crippen molar-refractivity contribution in [2.24, 2.45) is 5.92 Å². The minimum Gasteiger partial charge on any atom is -0.360 e. The van der Waals surface area contributed by atoms with Gasteiger partial charge >= 0.3 is 0 Å². The van der Waals surface area contributed by atoms with Gasteiger partial charge < -0.3 is 14.7 Å². The molecule has 1 aromatic carbocycles. The molecule has 10 heteroatoms. The van der Waals surface area contributed by atoms with Crippen molar-refractivity contribution in [3.05, 3.63) is 41.3 Å². The molecule has 0 aliphatic carbocycles. The fraction of sp³-hybridized carbons (Fsp3) is 0.500. The third-order valence-electron chi connectivity index (χ3n) is 5.77. The van der Waals surface area contributed by atoms with Gasteiger partial charge in [0.05, 0.1) is 5.92 Å². The van der Waals surface area contributed by atoms with Crippen LogP contribution >= 0.6 is 0 Å². The number of carbonyl (C=O) groups excluding carboxylic acids is 2. The maximum Gasteiger partial charge on any atom is 0.253 e. The fourth-order valence-corrected chi connectivity index (χ4v) is 5.80. The normalized spacial score (nSPS) is 17.2. The highest BCUT2D eigenvalue weighted by Gasteiger charge is 2.36. The standard InChI is InChI=1S/C22H30N4O5S/c1-5-25(6-2)22(28)17-9-11-19(12-10-17)23-21(27)18-8-7-13-26(14-18)32(29,30)20-15(3)24-31-16(20)4/h9-12,18H,5-8,13-14H2,1-4H3,(H,23,27). The lowest BCUT2D eigenvalue weighted by Crippen LogP contribution is -2.43. The Hall–Kier alpha value is -2.72. The molecule has 0 spiro atoms. The number of aromatic nitrogens is 1. The van der Waals surface area contributed by atoms with Crippen LogP contribution in [0.5, 0.6) is 0 Å². The summed E-state index contributed by atoms with van der Waals surface area (Å²) in [5.41, 5.74) is 1.44. The van der Waals surface area contributed by atoms with Crippen molar-refractivity contribution in [3.63, 3.8) is 0 Å². The Morgan fingerprint density at radius 1 is 1.19 bits per heavy atom. The number of carbonyl (C=O) groups is 2. The highest BCUT2D eigenvalue weighted by Crippen LogP contribution is 2.28. The van der Waals surface area contributed by atoms with Crippen LogP contribution in [-0.4, -0.2) is 60.8 Å². The molecule has 1 aromatic heterocycles. The van der Waals surface area contributed by atoms with Gasteiger partial charge in [-0.2, -0.15) is 4.31 Å². The van der Waals surface area contributed by atoms with E-state index >= 15 is 0 Å². The van der Waals surface area contributed by atoms with Crippen molar-refractivity contribution in [1.29, 1.82) is 0 Å². The van der Waals surface area contributed by atoms with E-state index in [4.69, 9.17) is 4.52 Å². The summed E-state index contributed by atoms with van der Waals surface area (Å²) in [6, 6.07) is 6.75. The molecule has 1 N–H and O–H groups in total. The second-order valence-corrected chi connectivity index (χ2v) is 9.77. The molecule has 32 heavy (non-hydrogen) atoms. The summed E-state index contributed by atoms with van der Waals surface area (Å²) in [6.07, 6.45) is 1.18. The van der Waals surface area contributed by atoms with Crippen LogP contribution in [0.2, 0.25) is 0 Å². The average Bonchev–Trinajstić information content (AvgIpc) is 3.13. The molecule has 2 heterocycles. The number of hydrogen-bond acceptors (Lipinski definition) is 6. The number of rotatable bonds is 7. The van der Waals surface area contributed by atoms with Crippen molar-refractivity contribution in [1.82, 2.24) is 14.4 Å². The molecular formula is C22H30N4O5S. The number of sulfonamides is 1. The Morgan fingerprint density at radius 2 is 1.84 bits per heavy atom. The van der Waals surface area contributed by atoms with E-state index in [1.807, 2.05) is 13.8 Å². The van der Waals surface area contributed by atoms with Gasteiger partial charge in [0, 0.05) is 37.4 Å². The van der Waals surface area contributed by atoms with Gasteiger partial charge in [-0.25, -0.2) is 8.42 Å². The Morgan fingerprint density at radius 3 is 2.41 bits per heavy atom. The van der Waals surface area contributed by atoms with Crippen LogP contribution in [0.15, 0.2) is 33.7 Å². The van der Waals surface area contributed by atoms with Crippen LogP contribution < -0.4 is 5.32 Å². The van der Waals surface area contributed by atoms with E-state index in [0.29, 0.717) is 49.4 Å². The van der Waals surface area contributed by atoms with Gasteiger partial charge in [-0.05, 0) is 64.8 Å². The quantitative estimate of drug-likeness (QED) is 0.677. The van der Waals surface area contributed by atoms with Crippen LogP contribution in [-0.2, 0) is 14.8 Å². The summed E-state index contributed by atoms with van der Waals surface area (Å²) in [5, 5.41) is 6.59. The summed E-state index contributed by atoms with van der Waals surface area (Å²) in [4.78, 5) is 27.1. The van der Waals surface area contributed by atoms with Crippen molar-refractivity contribution in [2.45, 2.75) is 45.4 Å². The zero-order valence-corrected chi connectivity index (χ0v) is 19.7. The predicted octanol–water partition coefficient (Wildman–Crippen LogP) is 2.81. The summed E-state index contributed by atoms with van der Waals surface area (Å²) < 4.78 is 32.5. The molecule has 1 aliphatic heterocycles. The Bertz CT molecular complexity index is 1050. The highest BCUT2D eigenvalue weighted by atomic mass is 32.2. The monoisotopic (exact) mass is 462 g/mol. The zero-order valence-electron chi connectivity index (χ0n) is 18.9. The van der Waals surface area contributed by atoms with E-state index < -0.39 is 15.9 Å². The van der Waals surface area contributed by atoms with E-state index in [9.17, 15) is 18.0 Å². The summed E-state index contributed by atoms with van der Waals surface area (Å²) in [6.45, 7) is 8.70. The SMILES string of the molecule is CCN(CC)C(=O)c1ccc(NC(=O)C2CCCN(S(=O)(=O)c3c(C)noc3C)C2)cc1. The largest absolute Gasteiger partial charge is 0.360 e. The molecule has 1 saturated heterocycles. The number of aryl methyl sites for hydroxylation is 2. The first kappa shape index (κ1) is 23.9. The second-order valence-electron chi connectivity index (χ2n) is 7.90. The van der Waals surface area contributed by atoms with E-state index in [0.717, 1.165) is 0 Å². The molecule has 1 atom stereocenters. The summed E-state index contributed by atoms with van der Waals surface area (Å²) in [5.74, 6) is -0.531. The molecule has 3 rings (SSSR count). The van der Waals surface area contributed by atoms with Gasteiger partial charge in [-0.15, -0.1) is 0 Å². The number of piperidine rings is 1. The Balaban J connectivity index is 1.68. The summed E-state index contributed by atoms with van der Waals surface area (Å²) in [7, 11) is -3.79. The lowest BCUT2D eigenvalue weighted by molar-refractivity contribution is -0.120. The molecule has 0 radical (unpaired) electrons. The number of hydrogen-bond donors (Lipinski definition) is 1. The molecule has 1 unspecified atom stereocenters. The summed E-state index contributed by atoms with van der Waals surface area (Å²) >= 11 is 0. The van der Waals surface area contributed by atoms with E-state index in [-0.39, 0.29) is 29.0 Å². The minimum absolute atomic E-state index is 0.0553. The molecular weight excluding hydrogens is 432 g/mol. The van der Waals surface area contributed by atoms with Crippen molar-refractivity contribution >= 4 is 27.5 Å². The van der Waals surface area contributed by atoms with E-state index in [1.165, 1.54) is 4.31 Å². The first-order valence-electron chi connectivity index (χ1n) is 10.8. The molecule has 0 bridgehead atoms. The third kappa shape index (κ3) is 4.86. The molecule has 2 amide bonds. The van der Waals surface area contributed by atoms with E-state index in [2.05, 4.69) is 10.5 Å². The maximum absolute atomic E-state index is 13.1. The smallest absolute Gasteiger partial charge is 0.253 e. The first-order valence-corrected chi connectivity index (χ1v) is 12.3. The fourth-order valence-electron chi connectivity index (χ4n) is 3.98. The van der Waals surface area contributed by atoms with Gasteiger partial charge in [0.15, 0.2) is 5.76 Å². The van der Waals surface area contributed by atoms with Gasteiger partial charge in [-0.1, -0.05) is 5.16 Å². The maximum atomic E-state index is 13.1. The highest BCUT2D eigenvalue weighted by molar-refractivity contribution is 7.89. The van der Waals surface area contributed by atoms with Crippen LogP contribution in [0.1, 0.15) is 48.5 Å². The van der Waals surface area contributed by atoms with Crippen LogP contribution in [0.25, 0.3) is 0 Å². The number of nitrogens with one attached hydrogen (secondary N) is 1. The Labute approximate surface area is 188 Å². The number of amides is 2. The van der Waals surface area contributed by atoms with Crippen molar-refractivity contribution in [3.8, 4) is 0 Å². The molecule has 9 nitrogen and oxygen atoms in total.